The number of aliphatic carboxylic acids is 1. The van der Waals surface area contributed by atoms with E-state index in [2.05, 4.69) is 5.32 Å². The van der Waals surface area contributed by atoms with Gasteiger partial charge >= 0.3 is 5.97 Å². The zero-order chi connectivity index (χ0) is 19.6. The average Bonchev–Trinajstić information content (AvgIpc) is 2.56. The molecular weight excluding hydrogens is 358 g/mol. The predicted octanol–water partition coefficient (Wildman–Crippen LogP) is -4.13. The normalized spacial score (nSPS) is 43.7. The first-order chi connectivity index (χ1) is 12.1. The summed E-state index contributed by atoms with van der Waals surface area (Å²) in [6.07, 6.45) is -12.7. The highest BCUT2D eigenvalue weighted by atomic mass is 16.7. The quantitative estimate of drug-likeness (QED) is 0.244. The van der Waals surface area contributed by atoms with Crippen molar-refractivity contribution in [3.8, 4) is 0 Å². The summed E-state index contributed by atoms with van der Waals surface area (Å²) in [5.41, 5.74) is 0. The predicted molar refractivity (Wildman–Crippen MR) is 79.4 cm³/mol. The van der Waals surface area contributed by atoms with Crippen LogP contribution in [-0.2, 0) is 23.8 Å². The Morgan fingerprint density at radius 1 is 1.15 bits per heavy atom. The van der Waals surface area contributed by atoms with Gasteiger partial charge in [0.1, 0.15) is 24.4 Å². The molecule has 26 heavy (non-hydrogen) atoms. The monoisotopic (exact) mass is 381 g/mol. The summed E-state index contributed by atoms with van der Waals surface area (Å²) >= 11 is 0. The highest BCUT2D eigenvalue weighted by molar-refractivity contribution is 5.74. The number of hydrogen-bond acceptors (Lipinski definition) is 10. The topological polar surface area (TPSA) is 195 Å². The van der Waals surface area contributed by atoms with Crippen LogP contribution in [0.25, 0.3) is 0 Å². The van der Waals surface area contributed by atoms with Crippen molar-refractivity contribution in [2.75, 3.05) is 6.61 Å². The first-order valence-corrected chi connectivity index (χ1v) is 7.95. The lowest BCUT2D eigenvalue weighted by molar-refractivity contribution is -0.327. The number of carbonyl (C=O) groups excluding carboxylic acids is 1. The van der Waals surface area contributed by atoms with Crippen LogP contribution >= 0.6 is 0 Å². The minimum absolute atomic E-state index is 0.0674. The minimum atomic E-state index is -1.93. The second-order valence-electron chi connectivity index (χ2n) is 6.20. The number of aliphatic hydroxyl groups is 5. The molecule has 0 aliphatic carbocycles. The number of carboxylic acid groups (broad SMARTS) is 1. The van der Waals surface area contributed by atoms with Crippen molar-refractivity contribution in [2.24, 2.45) is 0 Å². The maximum atomic E-state index is 11.3. The Morgan fingerprint density at radius 2 is 1.81 bits per heavy atom. The number of ether oxygens (including phenoxy) is 3. The molecule has 9 unspecified atom stereocenters. The van der Waals surface area contributed by atoms with Gasteiger partial charge in [-0.25, -0.2) is 4.79 Å². The molecule has 150 valence electrons. The average molecular weight is 381 g/mol. The molecule has 12 heteroatoms. The fraction of sp³-hybridized carbons (Fsp3) is 0.857. The van der Waals surface area contributed by atoms with E-state index in [-0.39, 0.29) is 6.42 Å². The Labute approximate surface area is 147 Å². The Hall–Kier alpha value is -1.38. The summed E-state index contributed by atoms with van der Waals surface area (Å²) in [4.78, 5) is 22.7. The molecule has 2 fully saturated rings. The molecule has 2 saturated heterocycles. The van der Waals surface area contributed by atoms with Gasteiger partial charge < -0.3 is 50.2 Å². The summed E-state index contributed by atoms with van der Waals surface area (Å²) < 4.78 is 15.6. The Kier molecular flexibility index (Phi) is 6.87. The lowest BCUT2D eigenvalue weighted by Gasteiger charge is -2.44. The molecule has 9 atom stereocenters. The van der Waals surface area contributed by atoms with Crippen molar-refractivity contribution in [3.05, 3.63) is 0 Å². The molecule has 2 heterocycles. The standard InChI is InChI=1S/C14H23NO11/c1-4(17)15-5-2-6(18)7(3-16)24-14(5)26-10-8(19)9(20)13(23)25-11(10)12(21)22/h5-11,13-14,16,18-20,23H,2-3H2,1H3,(H,15,17)(H,21,22). The van der Waals surface area contributed by atoms with Gasteiger partial charge in [-0.2, -0.15) is 0 Å². The van der Waals surface area contributed by atoms with Crippen molar-refractivity contribution < 1.29 is 54.4 Å². The first kappa shape index (κ1) is 20.9. The SMILES string of the molecule is CC(=O)NC1CC(O)C(CO)OC1OC1C(C(=O)O)OC(O)C(O)C1O. The van der Waals surface area contributed by atoms with E-state index in [0.29, 0.717) is 0 Å². The molecule has 0 bridgehead atoms. The van der Waals surface area contributed by atoms with Gasteiger partial charge in [0.25, 0.3) is 0 Å². The fourth-order valence-electron chi connectivity index (χ4n) is 2.92. The van der Waals surface area contributed by atoms with E-state index in [0.717, 1.165) is 0 Å². The third-order valence-corrected chi connectivity index (χ3v) is 4.23. The molecule has 2 aliphatic rings. The van der Waals surface area contributed by atoms with Crippen LogP contribution in [0.2, 0.25) is 0 Å². The van der Waals surface area contributed by atoms with Crippen LogP contribution in [-0.4, -0.2) is 104 Å². The van der Waals surface area contributed by atoms with Crippen molar-refractivity contribution >= 4 is 11.9 Å². The second-order valence-corrected chi connectivity index (χ2v) is 6.20. The van der Waals surface area contributed by atoms with E-state index in [9.17, 15) is 40.2 Å². The molecule has 2 rings (SSSR count). The lowest BCUT2D eigenvalue weighted by atomic mass is 9.97. The van der Waals surface area contributed by atoms with Gasteiger partial charge in [-0.15, -0.1) is 0 Å². The molecule has 0 aromatic heterocycles. The van der Waals surface area contributed by atoms with Crippen LogP contribution < -0.4 is 5.32 Å². The van der Waals surface area contributed by atoms with E-state index >= 15 is 0 Å². The van der Waals surface area contributed by atoms with Crippen molar-refractivity contribution in [2.45, 2.75) is 68.6 Å². The third-order valence-electron chi connectivity index (χ3n) is 4.23. The van der Waals surface area contributed by atoms with Crippen LogP contribution in [0.15, 0.2) is 0 Å². The smallest absolute Gasteiger partial charge is 0.335 e. The van der Waals surface area contributed by atoms with Crippen molar-refractivity contribution in [1.82, 2.24) is 5.32 Å². The van der Waals surface area contributed by atoms with Gasteiger partial charge in [0.15, 0.2) is 18.7 Å². The van der Waals surface area contributed by atoms with Crippen molar-refractivity contribution in [1.29, 1.82) is 0 Å². The van der Waals surface area contributed by atoms with Gasteiger partial charge in [-0.05, 0) is 0 Å². The lowest BCUT2D eigenvalue weighted by Crippen LogP contribution is -2.64. The molecule has 0 spiro atoms. The van der Waals surface area contributed by atoms with Gasteiger partial charge in [0, 0.05) is 13.3 Å². The van der Waals surface area contributed by atoms with E-state index in [1.807, 2.05) is 0 Å². The molecule has 1 amide bonds. The zero-order valence-electron chi connectivity index (χ0n) is 13.8. The number of hydrogen-bond donors (Lipinski definition) is 7. The zero-order valence-corrected chi connectivity index (χ0v) is 13.8. The fourth-order valence-corrected chi connectivity index (χ4v) is 2.92. The van der Waals surface area contributed by atoms with E-state index < -0.39 is 73.7 Å². The summed E-state index contributed by atoms with van der Waals surface area (Å²) in [5, 5.41) is 60.1. The maximum absolute atomic E-state index is 11.3. The molecule has 0 aromatic carbocycles. The molecule has 0 aromatic rings. The number of carboxylic acids is 1. The van der Waals surface area contributed by atoms with Crippen LogP contribution in [0.3, 0.4) is 0 Å². The van der Waals surface area contributed by atoms with E-state index in [4.69, 9.17) is 14.2 Å². The number of carbonyl (C=O) groups is 2. The summed E-state index contributed by atoms with van der Waals surface area (Å²) in [6.45, 7) is 0.640. The summed E-state index contributed by atoms with van der Waals surface area (Å²) in [7, 11) is 0. The van der Waals surface area contributed by atoms with E-state index in [1.165, 1.54) is 6.92 Å². The number of rotatable bonds is 5. The molecule has 2 aliphatic heterocycles. The first-order valence-electron chi connectivity index (χ1n) is 7.95. The molecule has 7 N–H and O–H groups in total. The number of nitrogens with one attached hydrogen (secondary N) is 1. The molecule has 0 radical (unpaired) electrons. The number of aliphatic hydroxyl groups excluding tert-OH is 5. The van der Waals surface area contributed by atoms with Crippen LogP contribution in [0.5, 0.6) is 0 Å². The molecule has 12 nitrogen and oxygen atoms in total. The minimum Gasteiger partial charge on any atom is -0.479 e. The summed E-state index contributed by atoms with van der Waals surface area (Å²) in [6, 6.07) is -0.920. The Balaban J connectivity index is 2.21. The van der Waals surface area contributed by atoms with Gasteiger partial charge in [0.05, 0.1) is 18.8 Å². The highest BCUT2D eigenvalue weighted by Gasteiger charge is 2.50. The van der Waals surface area contributed by atoms with Crippen LogP contribution in [0, 0.1) is 0 Å². The van der Waals surface area contributed by atoms with Crippen molar-refractivity contribution in [3.63, 3.8) is 0 Å². The second kappa shape index (κ2) is 8.54. The van der Waals surface area contributed by atoms with Gasteiger partial charge in [-0.1, -0.05) is 0 Å². The van der Waals surface area contributed by atoms with Gasteiger partial charge in [-0.3, -0.25) is 4.79 Å². The van der Waals surface area contributed by atoms with E-state index in [1.54, 1.807) is 0 Å². The summed E-state index contributed by atoms with van der Waals surface area (Å²) in [5.74, 6) is -2.04. The van der Waals surface area contributed by atoms with Gasteiger partial charge in [0.2, 0.25) is 5.91 Å². The largest absolute Gasteiger partial charge is 0.479 e. The molecular formula is C14H23NO11. The van der Waals surface area contributed by atoms with Crippen LogP contribution in [0.4, 0.5) is 0 Å². The maximum Gasteiger partial charge on any atom is 0.335 e. The third kappa shape index (κ3) is 4.47. The Morgan fingerprint density at radius 3 is 2.35 bits per heavy atom. The number of amides is 1. The van der Waals surface area contributed by atoms with Crippen LogP contribution in [0.1, 0.15) is 13.3 Å². The highest BCUT2D eigenvalue weighted by Crippen LogP contribution is 2.28. The Bertz CT molecular complexity index is 517. The molecule has 0 saturated carbocycles.